The highest BCUT2D eigenvalue weighted by molar-refractivity contribution is 5.83. The van der Waals surface area contributed by atoms with Crippen LogP contribution in [0, 0.1) is 0 Å². The van der Waals surface area contributed by atoms with Crippen LogP contribution < -0.4 is 14.4 Å². The largest absolute Gasteiger partial charge is 0.494 e. The first-order chi connectivity index (χ1) is 21.2. The van der Waals surface area contributed by atoms with Crippen molar-refractivity contribution in [2.45, 2.75) is 25.7 Å². The number of benzene rings is 5. The monoisotopic (exact) mass is 569 g/mol. The number of hydrogen-bond acceptors (Lipinski definition) is 5. The molecular weight excluding hydrogens is 534 g/mol. The quantitative estimate of drug-likeness (QED) is 0.0928. The van der Waals surface area contributed by atoms with Gasteiger partial charge in [-0.15, -0.1) is 0 Å². The Bertz CT molecular complexity index is 1540. The minimum Gasteiger partial charge on any atom is -0.494 e. The summed E-state index contributed by atoms with van der Waals surface area (Å²) in [6, 6.07) is 42.5. The van der Waals surface area contributed by atoms with Gasteiger partial charge >= 0.3 is 0 Å². The van der Waals surface area contributed by atoms with E-state index >= 15 is 0 Å². The maximum atomic E-state index is 11.2. The van der Waals surface area contributed by atoms with E-state index in [2.05, 4.69) is 89.8 Å². The SMILES string of the molecule is O=Cc1ccc(C=O)c(OCCCCCCOc2ccc(-c3ccc(N(c4ccccc4)c4ccccc4)cc3)cc2)c1. The fraction of sp³-hybridized carbons (Fsp3) is 0.158. The summed E-state index contributed by atoms with van der Waals surface area (Å²) >= 11 is 0. The van der Waals surface area contributed by atoms with E-state index in [4.69, 9.17) is 9.47 Å². The number of para-hydroxylation sites is 2. The molecule has 0 saturated heterocycles. The van der Waals surface area contributed by atoms with Crippen LogP contribution >= 0.6 is 0 Å². The molecule has 0 saturated carbocycles. The molecule has 0 spiro atoms. The number of carbonyl (C=O) groups excluding carboxylic acids is 2. The molecule has 216 valence electrons. The molecule has 5 heteroatoms. The van der Waals surface area contributed by atoms with Gasteiger partial charge in [0.2, 0.25) is 0 Å². The lowest BCUT2D eigenvalue weighted by Crippen LogP contribution is -2.09. The third kappa shape index (κ3) is 7.98. The lowest BCUT2D eigenvalue weighted by atomic mass is 10.0. The molecule has 0 bridgehead atoms. The van der Waals surface area contributed by atoms with E-state index in [1.165, 1.54) is 0 Å². The summed E-state index contributed by atoms with van der Waals surface area (Å²) in [5.74, 6) is 1.32. The number of hydrogen-bond donors (Lipinski definition) is 0. The molecule has 0 aliphatic rings. The maximum Gasteiger partial charge on any atom is 0.153 e. The van der Waals surface area contributed by atoms with Gasteiger partial charge < -0.3 is 14.4 Å². The molecule has 43 heavy (non-hydrogen) atoms. The van der Waals surface area contributed by atoms with E-state index in [9.17, 15) is 9.59 Å². The van der Waals surface area contributed by atoms with Crippen LogP contribution in [-0.2, 0) is 0 Å². The van der Waals surface area contributed by atoms with Crippen molar-refractivity contribution in [3.05, 3.63) is 139 Å². The Hall–Kier alpha value is -5.16. The number of ether oxygens (including phenoxy) is 2. The number of aldehydes is 2. The van der Waals surface area contributed by atoms with Crippen molar-refractivity contribution in [1.29, 1.82) is 0 Å². The van der Waals surface area contributed by atoms with E-state index in [-0.39, 0.29) is 0 Å². The third-order valence-corrected chi connectivity index (χ3v) is 7.21. The van der Waals surface area contributed by atoms with Gasteiger partial charge in [-0.2, -0.15) is 0 Å². The summed E-state index contributed by atoms with van der Waals surface area (Å²) in [4.78, 5) is 24.4. The first kappa shape index (κ1) is 29.3. The predicted octanol–water partition coefficient (Wildman–Crippen LogP) is 9.47. The zero-order chi connectivity index (χ0) is 29.7. The molecular formula is C38H35NO4. The highest BCUT2D eigenvalue weighted by Crippen LogP contribution is 2.35. The zero-order valence-corrected chi connectivity index (χ0v) is 24.1. The van der Waals surface area contributed by atoms with Gasteiger partial charge in [0.15, 0.2) is 6.29 Å². The lowest BCUT2D eigenvalue weighted by molar-refractivity contribution is 0.110. The second kappa shape index (κ2) is 15.2. The molecule has 0 aliphatic carbocycles. The number of nitrogens with zero attached hydrogens (tertiary/aromatic N) is 1. The van der Waals surface area contributed by atoms with Gasteiger partial charge in [-0.1, -0.05) is 66.7 Å². The van der Waals surface area contributed by atoms with Crippen molar-refractivity contribution in [3.8, 4) is 22.6 Å². The molecule has 0 N–H and O–H groups in total. The Morgan fingerprint density at radius 1 is 0.512 bits per heavy atom. The molecule has 0 amide bonds. The van der Waals surface area contributed by atoms with Gasteiger partial charge in [0.05, 0.1) is 18.8 Å². The molecule has 0 unspecified atom stereocenters. The van der Waals surface area contributed by atoms with E-state index in [1.807, 2.05) is 24.3 Å². The zero-order valence-electron chi connectivity index (χ0n) is 24.1. The van der Waals surface area contributed by atoms with Crippen molar-refractivity contribution in [2.75, 3.05) is 18.1 Å². The van der Waals surface area contributed by atoms with Crippen LogP contribution in [-0.4, -0.2) is 25.8 Å². The molecule has 5 aromatic carbocycles. The van der Waals surface area contributed by atoms with E-state index in [0.717, 1.165) is 72.2 Å². The van der Waals surface area contributed by atoms with Gasteiger partial charge in [-0.3, -0.25) is 9.59 Å². The van der Waals surface area contributed by atoms with Crippen molar-refractivity contribution in [2.24, 2.45) is 0 Å². The van der Waals surface area contributed by atoms with Crippen LogP contribution in [0.4, 0.5) is 17.1 Å². The molecule has 5 nitrogen and oxygen atoms in total. The number of anilines is 3. The van der Waals surface area contributed by atoms with Crippen LogP contribution in [0.3, 0.4) is 0 Å². The van der Waals surface area contributed by atoms with Gasteiger partial charge in [-0.25, -0.2) is 0 Å². The molecule has 0 heterocycles. The second-order valence-corrected chi connectivity index (χ2v) is 10.2. The van der Waals surface area contributed by atoms with E-state index in [1.54, 1.807) is 18.2 Å². The Kier molecular flexibility index (Phi) is 10.4. The smallest absolute Gasteiger partial charge is 0.153 e. The lowest BCUT2D eigenvalue weighted by Gasteiger charge is -2.25. The molecule has 0 atom stereocenters. The van der Waals surface area contributed by atoms with Crippen LogP contribution in [0.15, 0.2) is 127 Å². The number of unbranched alkanes of at least 4 members (excludes halogenated alkanes) is 3. The Morgan fingerprint density at radius 2 is 1.05 bits per heavy atom. The van der Waals surface area contributed by atoms with Crippen LogP contribution in [0.25, 0.3) is 11.1 Å². The highest BCUT2D eigenvalue weighted by atomic mass is 16.5. The first-order valence-corrected chi connectivity index (χ1v) is 14.7. The molecule has 5 aromatic rings. The second-order valence-electron chi connectivity index (χ2n) is 10.2. The average Bonchev–Trinajstić information content (AvgIpc) is 3.07. The molecule has 0 aromatic heterocycles. The van der Waals surface area contributed by atoms with Crippen molar-refractivity contribution >= 4 is 29.6 Å². The maximum absolute atomic E-state index is 11.2. The summed E-state index contributed by atoms with van der Waals surface area (Å²) in [7, 11) is 0. The molecule has 0 aliphatic heterocycles. The Morgan fingerprint density at radius 3 is 1.60 bits per heavy atom. The Labute approximate surface area is 253 Å². The fourth-order valence-electron chi connectivity index (χ4n) is 4.92. The summed E-state index contributed by atoms with van der Waals surface area (Å²) in [6.07, 6.45) is 5.32. The minimum absolute atomic E-state index is 0.458. The van der Waals surface area contributed by atoms with E-state index < -0.39 is 0 Å². The topological polar surface area (TPSA) is 55.8 Å². The van der Waals surface area contributed by atoms with Gasteiger partial charge in [0, 0.05) is 22.6 Å². The van der Waals surface area contributed by atoms with Crippen LogP contribution in [0.2, 0.25) is 0 Å². The minimum atomic E-state index is 0.458. The molecule has 0 radical (unpaired) electrons. The van der Waals surface area contributed by atoms with Crippen molar-refractivity contribution in [3.63, 3.8) is 0 Å². The highest BCUT2D eigenvalue weighted by Gasteiger charge is 2.12. The van der Waals surface area contributed by atoms with Gasteiger partial charge in [-0.05, 0) is 97.5 Å². The summed E-state index contributed by atoms with van der Waals surface area (Å²) in [5, 5.41) is 0. The van der Waals surface area contributed by atoms with E-state index in [0.29, 0.717) is 30.1 Å². The number of carbonyl (C=O) groups is 2. The predicted molar refractivity (Wildman–Crippen MR) is 173 cm³/mol. The van der Waals surface area contributed by atoms with Crippen molar-refractivity contribution in [1.82, 2.24) is 0 Å². The third-order valence-electron chi connectivity index (χ3n) is 7.21. The van der Waals surface area contributed by atoms with Crippen molar-refractivity contribution < 1.29 is 19.1 Å². The van der Waals surface area contributed by atoms with Gasteiger partial charge in [0.1, 0.15) is 17.8 Å². The number of rotatable bonds is 15. The van der Waals surface area contributed by atoms with Crippen LogP contribution in [0.5, 0.6) is 11.5 Å². The summed E-state index contributed by atoms with van der Waals surface area (Å²) < 4.78 is 11.7. The Balaban J connectivity index is 1.08. The first-order valence-electron chi connectivity index (χ1n) is 14.7. The average molecular weight is 570 g/mol. The summed E-state index contributed by atoms with van der Waals surface area (Å²) in [6.45, 7) is 1.16. The standard InChI is InChI=1S/C38H35NO4/c40-28-30-15-16-33(29-41)38(27-30)43-26-10-2-1-9-25-42-37-23-19-32(20-24-37)31-17-21-36(22-18-31)39(34-11-5-3-6-12-34)35-13-7-4-8-14-35/h3-8,11-24,27-29H,1-2,9-10,25-26H2. The normalized spacial score (nSPS) is 10.6. The molecule has 0 fully saturated rings. The van der Waals surface area contributed by atoms with Gasteiger partial charge in [0.25, 0.3) is 0 Å². The summed E-state index contributed by atoms with van der Waals surface area (Å²) in [5.41, 5.74) is 6.58. The van der Waals surface area contributed by atoms with Crippen LogP contribution in [0.1, 0.15) is 46.4 Å². The molecule has 5 rings (SSSR count). The fourth-order valence-corrected chi connectivity index (χ4v) is 4.92.